The average molecular weight is 380 g/mol. The highest BCUT2D eigenvalue weighted by Crippen LogP contribution is 2.29. The molecule has 1 heterocycles. The van der Waals surface area contributed by atoms with Gasteiger partial charge < -0.3 is 0 Å². The molecule has 0 spiro atoms. The number of rotatable bonds is 5. The Morgan fingerprint density at radius 3 is 2.83 bits per heavy atom. The Hall–Kier alpha value is -1.96. The molecule has 0 atom stereocenters. The van der Waals surface area contributed by atoms with E-state index in [9.17, 15) is 9.18 Å². The van der Waals surface area contributed by atoms with Gasteiger partial charge in [0.1, 0.15) is 5.82 Å². The lowest BCUT2D eigenvalue weighted by atomic mass is 10.2. The van der Waals surface area contributed by atoms with E-state index in [-0.39, 0.29) is 5.56 Å². The van der Waals surface area contributed by atoms with Gasteiger partial charge in [-0.05, 0) is 35.9 Å². The summed E-state index contributed by atoms with van der Waals surface area (Å²) in [5.41, 5.74) is 1.31. The van der Waals surface area contributed by atoms with Gasteiger partial charge in [-0.2, -0.15) is 0 Å². The van der Waals surface area contributed by atoms with Gasteiger partial charge in [0.05, 0.1) is 0 Å². The van der Waals surface area contributed by atoms with E-state index in [1.54, 1.807) is 0 Å². The number of aromatic nitrogens is 2. The van der Waals surface area contributed by atoms with Gasteiger partial charge in [0.25, 0.3) is 5.91 Å². The molecule has 0 saturated heterocycles. The van der Waals surface area contributed by atoms with E-state index in [4.69, 9.17) is 11.6 Å². The molecule has 3 aromatic rings. The minimum atomic E-state index is -0.460. The number of nitrogens with one attached hydrogen (secondary N) is 1. The summed E-state index contributed by atoms with van der Waals surface area (Å²) < 4.78 is 13.9. The van der Waals surface area contributed by atoms with Gasteiger partial charge >= 0.3 is 0 Å². The number of anilines is 1. The number of carbonyl (C=O) groups excluding carboxylic acids is 1. The highest BCUT2D eigenvalue weighted by molar-refractivity contribution is 8.00. The lowest BCUT2D eigenvalue weighted by Gasteiger charge is -2.00. The fourth-order valence-electron chi connectivity index (χ4n) is 1.89. The van der Waals surface area contributed by atoms with Crippen LogP contribution < -0.4 is 5.32 Å². The molecule has 1 aromatic heterocycles. The Morgan fingerprint density at radius 2 is 2.04 bits per heavy atom. The summed E-state index contributed by atoms with van der Waals surface area (Å²) in [5.74, 6) is -0.178. The smallest absolute Gasteiger partial charge is 0.257 e. The number of amides is 1. The van der Waals surface area contributed by atoms with Gasteiger partial charge in [-0.15, -0.1) is 10.2 Å². The van der Waals surface area contributed by atoms with Crippen molar-refractivity contribution in [2.24, 2.45) is 0 Å². The number of carbonyl (C=O) groups is 1. The van der Waals surface area contributed by atoms with Crippen LogP contribution in [0.3, 0.4) is 0 Å². The molecule has 0 radical (unpaired) electrons. The van der Waals surface area contributed by atoms with Crippen molar-refractivity contribution in [2.75, 3.05) is 5.32 Å². The number of nitrogens with zero attached hydrogens (tertiary/aromatic N) is 2. The van der Waals surface area contributed by atoms with Crippen LogP contribution >= 0.6 is 34.7 Å². The first kappa shape index (κ1) is 16.9. The summed E-state index contributed by atoms with van der Waals surface area (Å²) in [5, 5.41) is 11.6. The Balaban J connectivity index is 1.60. The highest BCUT2D eigenvalue weighted by atomic mass is 35.5. The maximum absolute atomic E-state index is 13.1. The molecule has 3 rings (SSSR count). The third kappa shape index (κ3) is 4.53. The third-order valence-corrected chi connectivity index (χ3v) is 5.24. The Kier molecular flexibility index (Phi) is 5.44. The minimum absolute atomic E-state index is 0.235. The maximum atomic E-state index is 13.1. The second-order valence-corrected chi connectivity index (χ2v) is 7.39. The summed E-state index contributed by atoms with van der Waals surface area (Å²) in [4.78, 5) is 12.0. The van der Waals surface area contributed by atoms with Gasteiger partial charge in [0.15, 0.2) is 4.34 Å². The Labute approximate surface area is 151 Å². The molecule has 8 heteroatoms. The molecule has 0 bridgehead atoms. The van der Waals surface area contributed by atoms with E-state index in [0.717, 1.165) is 9.90 Å². The van der Waals surface area contributed by atoms with Crippen LogP contribution in [-0.4, -0.2) is 16.1 Å². The number of hydrogen-bond acceptors (Lipinski definition) is 5. The second-order valence-electron chi connectivity index (χ2n) is 4.76. The molecule has 0 aliphatic rings. The van der Waals surface area contributed by atoms with Crippen LogP contribution in [0.4, 0.5) is 9.52 Å². The number of benzene rings is 2. The largest absolute Gasteiger partial charge is 0.296 e. The monoisotopic (exact) mass is 379 g/mol. The van der Waals surface area contributed by atoms with Crippen molar-refractivity contribution in [2.45, 2.75) is 10.1 Å². The van der Waals surface area contributed by atoms with Crippen molar-refractivity contribution in [1.82, 2.24) is 10.2 Å². The van der Waals surface area contributed by atoms with E-state index in [1.807, 2.05) is 24.3 Å². The molecule has 24 heavy (non-hydrogen) atoms. The standard InChI is InChI=1S/C16H11ClFN3OS2/c17-12-5-1-3-10(7-12)9-23-16-21-20-15(24-16)19-14(22)11-4-2-6-13(18)8-11/h1-8H,9H2,(H,19,20,22). The van der Waals surface area contributed by atoms with Crippen molar-refractivity contribution in [3.05, 3.63) is 70.5 Å². The summed E-state index contributed by atoms with van der Waals surface area (Å²) in [7, 11) is 0. The number of hydrogen-bond donors (Lipinski definition) is 1. The van der Waals surface area contributed by atoms with Crippen molar-refractivity contribution < 1.29 is 9.18 Å². The lowest BCUT2D eigenvalue weighted by molar-refractivity contribution is 0.102. The van der Waals surface area contributed by atoms with E-state index in [2.05, 4.69) is 15.5 Å². The molecule has 2 aromatic carbocycles. The first-order valence-corrected chi connectivity index (χ1v) is 9.06. The van der Waals surface area contributed by atoms with Gasteiger partial charge in [-0.1, -0.05) is 52.9 Å². The first-order chi connectivity index (χ1) is 11.6. The van der Waals surface area contributed by atoms with Crippen LogP contribution in [0, 0.1) is 5.82 Å². The molecule has 0 aliphatic carbocycles. The molecular weight excluding hydrogens is 369 g/mol. The summed E-state index contributed by atoms with van der Waals surface area (Å²) in [6, 6.07) is 13.1. The highest BCUT2D eigenvalue weighted by Gasteiger charge is 2.11. The quantitative estimate of drug-likeness (QED) is 0.507. The molecule has 122 valence electrons. The summed E-state index contributed by atoms with van der Waals surface area (Å²) >= 11 is 8.72. The minimum Gasteiger partial charge on any atom is -0.296 e. The molecule has 0 aliphatic heterocycles. The lowest BCUT2D eigenvalue weighted by Crippen LogP contribution is -2.11. The zero-order valence-corrected chi connectivity index (χ0v) is 14.6. The Bertz CT molecular complexity index is 872. The van der Waals surface area contributed by atoms with E-state index >= 15 is 0 Å². The van der Waals surface area contributed by atoms with Gasteiger partial charge in [0.2, 0.25) is 5.13 Å². The van der Waals surface area contributed by atoms with Crippen molar-refractivity contribution >= 4 is 45.7 Å². The zero-order chi connectivity index (χ0) is 16.9. The fourth-order valence-corrected chi connectivity index (χ4v) is 3.79. The summed E-state index contributed by atoms with van der Waals surface area (Å²) in [6.45, 7) is 0. The van der Waals surface area contributed by atoms with Gasteiger partial charge in [0, 0.05) is 16.3 Å². The van der Waals surface area contributed by atoms with Crippen molar-refractivity contribution in [3.8, 4) is 0 Å². The normalized spacial score (nSPS) is 10.6. The van der Waals surface area contributed by atoms with Crippen molar-refractivity contribution in [3.63, 3.8) is 0 Å². The maximum Gasteiger partial charge on any atom is 0.257 e. The molecule has 0 fully saturated rings. The van der Waals surface area contributed by atoms with E-state index < -0.39 is 11.7 Å². The topological polar surface area (TPSA) is 54.9 Å². The predicted molar refractivity (Wildman–Crippen MR) is 95.3 cm³/mol. The van der Waals surface area contributed by atoms with Crippen molar-refractivity contribution in [1.29, 1.82) is 0 Å². The van der Waals surface area contributed by atoms with E-state index in [0.29, 0.717) is 15.9 Å². The average Bonchev–Trinajstić information content (AvgIpc) is 3.00. The zero-order valence-electron chi connectivity index (χ0n) is 12.2. The fraction of sp³-hybridized carbons (Fsp3) is 0.0625. The van der Waals surface area contributed by atoms with Gasteiger partial charge in [-0.3, -0.25) is 10.1 Å². The van der Waals surface area contributed by atoms with Crippen LogP contribution in [0.5, 0.6) is 0 Å². The van der Waals surface area contributed by atoms with Crippen LogP contribution in [0.1, 0.15) is 15.9 Å². The van der Waals surface area contributed by atoms with Gasteiger partial charge in [-0.25, -0.2) is 4.39 Å². The van der Waals surface area contributed by atoms with Crippen LogP contribution in [-0.2, 0) is 5.75 Å². The molecule has 0 unspecified atom stereocenters. The predicted octanol–water partition coefficient (Wildman–Crippen LogP) is 4.88. The third-order valence-electron chi connectivity index (χ3n) is 2.97. The molecular formula is C16H11ClFN3OS2. The number of thioether (sulfide) groups is 1. The second kappa shape index (κ2) is 7.74. The van der Waals surface area contributed by atoms with E-state index in [1.165, 1.54) is 47.4 Å². The van der Waals surface area contributed by atoms with Crippen LogP contribution in [0.25, 0.3) is 0 Å². The molecule has 0 saturated carbocycles. The SMILES string of the molecule is O=C(Nc1nnc(SCc2cccc(Cl)c2)s1)c1cccc(F)c1. The first-order valence-electron chi connectivity index (χ1n) is 6.88. The Morgan fingerprint density at radius 1 is 1.21 bits per heavy atom. The van der Waals surface area contributed by atoms with Crippen LogP contribution in [0.2, 0.25) is 5.02 Å². The molecule has 4 nitrogen and oxygen atoms in total. The summed E-state index contributed by atoms with van der Waals surface area (Å²) in [6.07, 6.45) is 0. The molecule has 1 N–H and O–H groups in total. The molecule has 1 amide bonds. The van der Waals surface area contributed by atoms with Crippen LogP contribution in [0.15, 0.2) is 52.9 Å². The number of halogens is 2.